The number of nitrogens with one attached hydrogen (secondary N) is 3. The summed E-state index contributed by atoms with van der Waals surface area (Å²) in [6, 6.07) is 11.0. The van der Waals surface area contributed by atoms with Gasteiger partial charge in [-0.2, -0.15) is 10.1 Å². The van der Waals surface area contributed by atoms with E-state index >= 15 is 0 Å². The lowest BCUT2D eigenvalue weighted by Crippen LogP contribution is -2.15. The van der Waals surface area contributed by atoms with E-state index in [2.05, 4.69) is 31.0 Å². The summed E-state index contributed by atoms with van der Waals surface area (Å²) < 4.78 is 13.3. The Morgan fingerprint density at radius 3 is 3.00 bits per heavy atom. The van der Waals surface area contributed by atoms with Crippen LogP contribution in [0.1, 0.15) is 11.1 Å². The molecule has 0 aliphatic rings. The molecule has 0 aliphatic heterocycles. The minimum Gasteiger partial charge on any atom is -0.507 e. The summed E-state index contributed by atoms with van der Waals surface area (Å²) in [4.78, 5) is 16.2. The number of phenols is 1. The van der Waals surface area contributed by atoms with Crippen LogP contribution in [-0.4, -0.2) is 38.2 Å². The number of carbonyl (C=O) groups is 1. The van der Waals surface area contributed by atoms with E-state index in [-0.39, 0.29) is 23.4 Å². The SMILES string of the molecule is Cc1ccc(F)cc1NC(=O)CSc1n[nH]c(N/N=C/c2ccccc2O)n1. The molecule has 0 spiro atoms. The highest BCUT2D eigenvalue weighted by molar-refractivity contribution is 7.99. The fraction of sp³-hybridized carbons (Fsp3) is 0.111. The Bertz CT molecular complexity index is 1010. The van der Waals surface area contributed by atoms with Gasteiger partial charge < -0.3 is 10.4 Å². The van der Waals surface area contributed by atoms with Crippen molar-refractivity contribution in [3.05, 3.63) is 59.4 Å². The van der Waals surface area contributed by atoms with Gasteiger partial charge in [-0.05, 0) is 36.8 Å². The van der Waals surface area contributed by atoms with Crippen LogP contribution in [0.15, 0.2) is 52.7 Å². The van der Waals surface area contributed by atoms with Gasteiger partial charge >= 0.3 is 0 Å². The molecule has 1 aromatic heterocycles. The quantitative estimate of drug-likeness (QED) is 0.275. The van der Waals surface area contributed by atoms with E-state index in [9.17, 15) is 14.3 Å². The molecule has 3 aromatic rings. The topological polar surface area (TPSA) is 115 Å². The Hall–Kier alpha value is -3.40. The molecule has 4 N–H and O–H groups in total. The van der Waals surface area contributed by atoms with Crippen molar-refractivity contribution in [3.63, 3.8) is 0 Å². The van der Waals surface area contributed by atoms with Crippen molar-refractivity contribution in [2.45, 2.75) is 12.1 Å². The van der Waals surface area contributed by atoms with Crippen molar-refractivity contribution in [1.82, 2.24) is 15.2 Å². The van der Waals surface area contributed by atoms with E-state index < -0.39 is 5.82 Å². The highest BCUT2D eigenvalue weighted by atomic mass is 32.2. The van der Waals surface area contributed by atoms with E-state index in [0.717, 1.165) is 17.3 Å². The number of anilines is 2. The van der Waals surface area contributed by atoms with Crippen LogP contribution in [0.4, 0.5) is 16.0 Å². The molecule has 3 rings (SSSR count). The van der Waals surface area contributed by atoms with Crippen LogP contribution in [0, 0.1) is 12.7 Å². The maximum Gasteiger partial charge on any atom is 0.240 e. The van der Waals surface area contributed by atoms with Gasteiger partial charge in [-0.1, -0.05) is 30.0 Å². The van der Waals surface area contributed by atoms with Gasteiger partial charge in [-0.25, -0.2) is 14.9 Å². The maximum absolute atomic E-state index is 13.3. The molecule has 0 aliphatic carbocycles. The monoisotopic (exact) mass is 400 g/mol. The number of H-pyrrole nitrogens is 1. The summed E-state index contributed by atoms with van der Waals surface area (Å²) in [6.45, 7) is 1.78. The lowest BCUT2D eigenvalue weighted by molar-refractivity contribution is -0.113. The van der Waals surface area contributed by atoms with Crippen LogP contribution in [0.2, 0.25) is 0 Å². The van der Waals surface area contributed by atoms with E-state index in [0.29, 0.717) is 16.4 Å². The van der Waals surface area contributed by atoms with Gasteiger partial charge in [0.1, 0.15) is 11.6 Å². The van der Waals surface area contributed by atoms with Gasteiger partial charge in [0, 0.05) is 11.3 Å². The number of hydrogen-bond acceptors (Lipinski definition) is 7. The molecule has 0 bridgehead atoms. The van der Waals surface area contributed by atoms with Crippen molar-refractivity contribution in [3.8, 4) is 5.75 Å². The zero-order chi connectivity index (χ0) is 19.9. The van der Waals surface area contributed by atoms with Crippen LogP contribution < -0.4 is 10.7 Å². The standard InChI is InChI=1S/C18H17FN6O2S/c1-11-6-7-13(19)8-14(11)21-16(27)10-28-18-22-17(24-25-18)23-20-9-12-4-2-3-5-15(12)26/h2-9,26H,10H2,1H3,(H,21,27)(H2,22,23,24,25)/b20-9+. The fourth-order valence-electron chi connectivity index (χ4n) is 2.17. The Morgan fingerprint density at radius 1 is 1.36 bits per heavy atom. The molecule has 0 unspecified atom stereocenters. The number of aromatic hydroxyl groups is 1. The summed E-state index contributed by atoms with van der Waals surface area (Å²) in [6.07, 6.45) is 1.44. The second kappa shape index (κ2) is 9.00. The molecule has 8 nitrogen and oxygen atoms in total. The maximum atomic E-state index is 13.3. The van der Waals surface area contributed by atoms with E-state index in [4.69, 9.17) is 0 Å². The number of carbonyl (C=O) groups excluding carboxylic acids is 1. The molecule has 1 heterocycles. The zero-order valence-corrected chi connectivity index (χ0v) is 15.6. The number of benzene rings is 2. The third-order valence-corrected chi connectivity index (χ3v) is 4.43. The third kappa shape index (κ3) is 5.30. The number of aromatic amines is 1. The summed E-state index contributed by atoms with van der Waals surface area (Å²) in [5, 5.41) is 23.2. The number of para-hydroxylation sites is 1. The predicted octanol–water partition coefficient (Wildman–Crippen LogP) is 3.13. The van der Waals surface area contributed by atoms with Crippen molar-refractivity contribution < 1.29 is 14.3 Å². The van der Waals surface area contributed by atoms with Gasteiger partial charge in [-0.15, -0.1) is 5.10 Å². The van der Waals surface area contributed by atoms with Gasteiger partial charge in [0.15, 0.2) is 0 Å². The largest absolute Gasteiger partial charge is 0.507 e. The molecule has 2 aromatic carbocycles. The number of phenolic OH excluding ortho intramolecular Hbond substituents is 1. The van der Waals surface area contributed by atoms with Crippen LogP contribution in [0.5, 0.6) is 5.75 Å². The summed E-state index contributed by atoms with van der Waals surface area (Å²) >= 11 is 1.12. The molecule has 0 saturated heterocycles. The average Bonchev–Trinajstić information content (AvgIpc) is 3.12. The van der Waals surface area contributed by atoms with Crippen LogP contribution in [-0.2, 0) is 4.79 Å². The number of aromatic nitrogens is 3. The number of hydrogen-bond donors (Lipinski definition) is 4. The number of aryl methyl sites for hydroxylation is 1. The number of amides is 1. The molecule has 0 saturated carbocycles. The van der Waals surface area contributed by atoms with Crippen LogP contribution in [0.25, 0.3) is 0 Å². The Morgan fingerprint density at radius 2 is 2.18 bits per heavy atom. The predicted molar refractivity (Wildman–Crippen MR) is 106 cm³/mol. The fourth-order valence-corrected chi connectivity index (χ4v) is 2.76. The highest BCUT2D eigenvalue weighted by Crippen LogP contribution is 2.18. The first-order valence-corrected chi connectivity index (χ1v) is 9.18. The van der Waals surface area contributed by atoms with E-state index in [1.165, 1.54) is 18.3 Å². The minimum absolute atomic E-state index is 0.0639. The number of thioether (sulfide) groups is 1. The first kappa shape index (κ1) is 19.4. The van der Waals surface area contributed by atoms with E-state index in [1.54, 1.807) is 37.3 Å². The highest BCUT2D eigenvalue weighted by Gasteiger charge is 2.09. The Labute approximate surface area is 164 Å². The third-order valence-electron chi connectivity index (χ3n) is 3.58. The summed E-state index contributed by atoms with van der Waals surface area (Å²) in [5.74, 6) is -0.246. The molecule has 0 fully saturated rings. The number of halogens is 1. The second-order valence-electron chi connectivity index (χ2n) is 5.69. The van der Waals surface area contributed by atoms with Gasteiger partial charge in [0.05, 0.1) is 12.0 Å². The second-order valence-corrected chi connectivity index (χ2v) is 6.63. The number of hydrazone groups is 1. The first-order chi connectivity index (χ1) is 13.5. The van der Waals surface area contributed by atoms with Gasteiger partial charge in [0.25, 0.3) is 0 Å². The number of nitrogens with zero attached hydrogens (tertiary/aromatic N) is 3. The molecule has 10 heteroatoms. The lowest BCUT2D eigenvalue weighted by atomic mass is 10.2. The average molecular weight is 400 g/mol. The molecule has 28 heavy (non-hydrogen) atoms. The molecule has 1 amide bonds. The molecular formula is C18H17FN6O2S. The normalized spacial score (nSPS) is 10.9. The van der Waals surface area contributed by atoms with Crippen LogP contribution >= 0.6 is 11.8 Å². The Balaban J connectivity index is 1.50. The van der Waals surface area contributed by atoms with Gasteiger partial charge in [0.2, 0.25) is 17.0 Å². The van der Waals surface area contributed by atoms with E-state index in [1.807, 2.05) is 0 Å². The van der Waals surface area contributed by atoms with Crippen molar-refractivity contribution in [1.29, 1.82) is 0 Å². The molecule has 144 valence electrons. The van der Waals surface area contributed by atoms with Crippen molar-refractivity contribution in [2.75, 3.05) is 16.5 Å². The molecule has 0 atom stereocenters. The zero-order valence-electron chi connectivity index (χ0n) is 14.8. The number of rotatable bonds is 7. The first-order valence-electron chi connectivity index (χ1n) is 8.19. The summed E-state index contributed by atoms with van der Waals surface area (Å²) in [5.41, 5.74) is 4.41. The Kier molecular flexibility index (Phi) is 6.22. The van der Waals surface area contributed by atoms with Gasteiger partial charge in [-0.3, -0.25) is 4.79 Å². The minimum atomic E-state index is -0.414. The smallest absolute Gasteiger partial charge is 0.240 e. The molecule has 0 radical (unpaired) electrons. The lowest BCUT2D eigenvalue weighted by Gasteiger charge is -2.07. The van der Waals surface area contributed by atoms with Crippen molar-refractivity contribution in [2.24, 2.45) is 5.10 Å². The van der Waals surface area contributed by atoms with Crippen LogP contribution in [0.3, 0.4) is 0 Å². The van der Waals surface area contributed by atoms with Crippen molar-refractivity contribution >= 4 is 35.5 Å². The molecular weight excluding hydrogens is 383 g/mol. The summed E-state index contributed by atoms with van der Waals surface area (Å²) in [7, 11) is 0.